The van der Waals surface area contributed by atoms with Gasteiger partial charge in [0.25, 0.3) is 0 Å². The molecule has 5 heteroatoms. The van der Waals surface area contributed by atoms with E-state index in [4.69, 9.17) is 16.3 Å². The first kappa shape index (κ1) is 13.9. The molecule has 0 atom stereocenters. The number of thiophene rings is 1. The molecule has 0 aromatic carbocycles. The Labute approximate surface area is 127 Å². The smallest absolute Gasteiger partial charge is 0.213 e. The maximum Gasteiger partial charge on any atom is 0.213 e. The van der Waals surface area contributed by atoms with Gasteiger partial charge >= 0.3 is 0 Å². The summed E-state index contributed by atoms with van der Waals surface area (Å²) in [6.45, 7) is 1.36. The number of halogens is 1. The van der Waals surface area contributed by atoms with E-state index in [9.17, 15) is 0 Å². The van der Waals surface area contributed by atoms with Crippen molar-refractivity contribution in [2.24, 2.45) is 0 Å². The highest BCUT2D eigenvalue weighted by Crippen LogP contribution is 2.22. The van der Waals surface area contributed by atoms with Crippen LogP contribution in [0, 0.1) is 0 Å². The predicted molar refractivity (Wildman–Crippen MR) is 82.6 cm³/mol. The number of pyridine rings is 1. The van der Waals surface area contributed by atoms with E-state index in [-0.39, 0.29) is 0 Å². The van der Waals surface area contributed by atoms with Crippen LogP contribution in [0.4, 0.5) is 0 Å². The number of ether oxygens (including phenoxy) is 1. The van der Waals surface area contributed by atoms with Gasteiger partial charge in [0.1, 0.15) is 0 Å². The summed E-state index contributed by atoms with van der Waals surface area (Å²) in [5, 5.41) is 6.20. The molecule has 0 spiro atoms. The third-order valence-electron chi connectivity index (χ3n) is 3.21. The molecule has 3 nitrogen and oxygen atoms in total. The Bertz CT molecular complexity index is 555. The maximum absolute atomic E-state index is 6.16. The summed E-state index contributed by atoms with van der Waals surface area (Å²) in [5.41, 5.74) is 0.868. The highest BCUT2D eigenvalue weighted by molar-refractivity contribution is 7.09. The lowest BCUT2D eigenvalue weighted by atomic mass is 10.3. The Hall–Kier alpha value is -1.10. The van der Waals surface area contributed by atoms with Crippen molar-refractivity contribution in [1.29, 1.82) is 0 Å². The molecule has 0 aliphatic heterocycles. The van der Waals surface area contributed by atoms with Gasteiger partial charge in [0.05, 0.1) is 17.3 Å². The highest BCUT2D eigenvalue weighted by Gasteiger charge is 2.20. The van der Waals surface area contributed by atoms with Crippen molar-refractivity contribution in [2.45, 2.75) is 31.8 Å². The molecule has 1 fully saturated rings. The minimum atomic E-state index is 0.643. The lowest BCUT2D eigenvalue weighted by Crippen LogP contribution is -2.16. The lowest BCUT2D eigenvalue weighted by molar-refractivity contribution is 0.309. The van der Waals surface area contributed by atoms with E-state index in [2.05, 4.69) is 27.8 Å². The van der Waals surface area contributed by atoms with Gasteiger partial charge in [-0.05, 0) is 30.4 Å². The van der Waals surface area contributed by atoms with Crippen LogP contribution in [-0.2, 0) is 13.0 Å². The van der Waals surface area contributed by atoms with Crippen molar-refractivity contribution in [3.8, 4) is 5.88 Å². The van der Waals surface area contributed by atoms with Crippen LogP contribution in [-0.4, -0.2) is 17.6 Å². The average Bonchev–Trinajstić information content (AvgIpc) is 3.14. The van der Waals surface area contributed by atoms with Crippen molar-refractivity contribution >= 4 is 22.9 Å². The van der Waals surface area contributed by atoms with Crippen LogP contribution < -0.4 is 10.1 Å². The first-order valence-electron chi connectivity index (χ1n) is 6.85. The van der Waals surface area contributed by atoms with Crippen LogP contribution in [0.25, 0.3) is 0 Å². The minimum absolute atomic E-state index is 0.643. The monoisotopic (exact) mass is 308 g/mol. The molecular formula is C15H17ClN2OS. The van der Waals surface area contributed by atoms with Crippen LogP contribution in [0.15, 0.2) is 29.6 Å². The van der Waals surface area contributed by atoms with Gasteiger partial charge in [0.15, 0.2) is 0 Å². The molecule has 20 heavy (non-hydrogen) atoms. The van der Waals surface area contributed by atoms with Crippen molar-refractivity contribution in [3.05, 3.63) is 45.2 Å². The fourth-order valence-electron chi connectivity index (χ4n) is 1.91. The summed E-state index contributed by atoms with van der Waals surface area (Å²) < 4.78 is 5.71. The molecule has 2 aromatic heterocycles. The van der Waals surface area contributed by atoms with Crippen LogP contribution in [0.3, 0.4) is 0 Å². The number of aromatic nitrogens is 1. The molecule has 0 bridgehead atoms. The minimum Gasteiger partial charge on any atom is -0.477 e. The normalized spacial score (nSPS) is 14.4. The topological polar surface area (TPSA) is 34.1 Å². The Kier molecular flexibility index (Phi) is 4.55. The standard InChI is InChI=1S/C15H17ClN2OS/c16-13-5-6-15(18-14(13)10-17-11-3-4-11)19-8-7-12-2-1-9-20-12/h1-2,5-6,9,11,17H,3-4,7-8,10H2. The Balaban J connectivity index is 1.53. The second-order valence-corrected chi connectivity index (χ2v) is 6.35. The van der Waals surface area contributed by atoms with E-state index in [1.54, 1.807) is 11.3 Å². The second kappa shape index (κ2) is 6.57. The largest absolute Gasteiger partial charge is 0.477 e. The molecule has 1 aliphatic carbocycles. The van der Waals surface area contributed by atoms with Gasteiger partial charge in [-0.2, -0.15) is 0 Å². The summed E-state index contributed by atoms with van der Waals surface area (Å²) in [7, 11) is 0. The zero-order valence-electron chi connectivity index (χ0n) is 11.1. The van der Waals surface area contributed by atoms with Crippen molar-refractivity contribution in [3.63, 3.8) is 0 Å². The third-order valence-corrected chi connectivity index (χ3v) is 4.49. The quantitative estimate of drug-likeness (QED) is 0.847. The van der Waals surface area contributed by atoms with E-state index >= 15 is 0 Å². The molecular weight excluding hydrogens is 292 g/mol. The molecule has 1 saturated carbocycles. The highest BCUT2D eigenvalue weighted by atomic mass is 35.5. The summed E-state index contributed by atoms with van der Waals surface area (Å²) in [4.78, 5) is 5.81. The molecule has 1 N–H and O–H groups in total. The number of nitrogens with zero attached hydrogens (tertiary/aromatic N) is 1. The van der Waals surface area contributed by atoms with Crippen LogP contribution in [0.5, 0.6) is 5.88 Å². The second-order valence-electron chi connectivity index (χ2n) is 4.91. The molecule has 0 radical (unpaired) electrons. The molecule has 0 saturated heterocycles. The Morgan fingerprint density at radius 1 is 1.35 bits per heavy atom. The van der Waals surface area contributed by atoms with Gasteiger partial charge in [0, 0.05) is 30.0 Å². The number of nitrogens with one attached hydrogen (secondary N) is 1. The van der Waals surface area contributed by atoms with E-state index in [0.29, 0.717) is 30.1 Å². The zero-order chi connectivity index (χ0) is 13.8. The van der Waals surface area contributed by atoms with E-state index < -0.39 is 0 Å². The number of hydrogen-bond donors (Lipinski definition) is 1. The molecule has 1 aliphatic rings. The fourth-order valence-corrected chi connectivity index (χ4v) is 2.77. The maximum atomic E-state index is 6.16. The van der Waals surface area contributed by atoms with Gasteiger partial charge < -0.3 is 10.1 Å². The van der Waals surface area contributed by atoms with Crippen LogP contribution >= 0.6 is 22.9 Å². The molecule has 0 amide bonds. The SMILES string of the molecule is Clc1ccc(OCCc2cccs2)nc1CNC1CC1. The Morgan fingerprint density at radius 3 is 3.00 bits per heavy atom. The molecule has 0 unspecified atom stereocenters. The van der Waals surface area contributed by atoms with Gasteiger partial charge in [-0.15, -0.1) is 11.3 Å². The summed E-state index contributed by atoms with van der Waals surface area (Å²) in [6.07, 6.45) is 3.43. The van der Waals surface area contributed by atoms with E-state index in [1.807, 2.05) is 12.1 Å². The van der Waals surface area contributed by atoms with Gasteiger partial charge in [0.2, 0.25) is 5.88 Å². The lowest BCUT2D eigenvalue weighted by Gasteiger charge is -2.09. The summed E-state index contributed by atoms with van der Waals surface area (Å²) in [5.74, 6) is 0.651. The van der Waals surface area contributed by atoms with E-state index in [0.717, 1.165) is 12.1 Å². The fraction of sp³-hybridized carbons (Fsp3) is 0.400. The van der Waals surface area contributed by atoms with Gasteiger partial charge in [-0.1, -0.05) is 17.7 Å². The van der Waals surface area contributed by atoms with Gasteiger partial charge in [-0.25, -0.2) is 4.98 Å². The molecule has 2 aromatic rings. The summed E-state index contributed by atoms with van der Waals surface area (Å²) in [6, 6.07) is 8.52. The van der Waals surface area contributed by atoms with Crippen molar-refractivity contribution in [2.75, 3.05) is 6.61 Å². The zero-order valence-corrected chi connectivity index (χ0v) is 12.7. The predicted octanol–water partition coefficient (Wildman–Crippen LogP) is 3.67. The first-order chi connectivity index (χ1) is 9.81. The first-order valence-corrected chi connectivity index (χ1v) is 8.11. The molecule has 106 valence electrons. The average molecular weight is 309 g/mol. The van der Waals surface area contributed by atoms with Crippen molar-refractivity contribution < 1.29 is 4.74 Å². The van der Waals surface area contributed by atoms with Gasteiger partial charge in [-0.3, -0.25) is 0 Å². The Morgan fingerprint density at radius 2 is 2.25 bits per heavy atom. The summed E-state index contributed by atoms with van der Waals surface area (Å²) >= 11 is 7.91. The van der Waals surface area contributed by atoms with Crippen LogP contribution in [0.1, 0.15) is 23.4 Å². The third kappa shape index (κ3) is 3.95. The van der Waals surface area contributed by atoms with E-state index in [1.165, 1.54) is 17.7 Å². The molecule has 2 heterocycles. The van der Waals surface area contributed by atoms with Crippen molar-refractivity contribution in [1.82, 2.24) is 10.3 Å². The number of rotatable bonds is 7. The van der Waals surface area contributed by atoms with Crippen LogP contribution in [0.2, 0.25) is 5.02 Å². The number of hydrogen-bond acceptors (Lipinski definition) is 4. The molecule has 3 rings (SSSR count).